The highest BCUT2D eigenvalue weighted by molar-refractivity contribution is 6.32. The lowest BCUT2D eigenvalue weighted by molar-refractivity contribution is -0.134. The van der Waals surface area contributed by atoms with Gasteiger partial charge in [0.2, 0.25) is 6.79 Å². The minimum Gasteiger partial charge on any atom is -0.454 e. The molecule has 0 aromatic heterocycles. The molecule has 0 atom stereocenters. The standard InChI is InChI=1S/C14H16ClNO5/c1-8(2)16(3)12(17)6-19-14(18)9-4-10(15)13-11(5-9)20-7-21-13/h4-5,8H,6-7H2,1-3H3. The molecule has 0 unspecified atom stereocenters. The van der Waals surface area contributed by atoms with E-state index in [4.69, 9.17) is 25.8 Å². The summed E-state index contributed by atoms with van der Waals surface area (Å²) in [5, 5.41) is 0.266. The lowest BCUT2D eigenvalue weighted by atomic mass is 10.2. The molecule has 1 heterocycles. The Balaban J connectivity index is 2.01. The monoisotopic (exact) mass is 313 g/mol. The van der Waals surface area contributed by atoms with Gasteiger partial charge in [-0.15, -0.1) is 0 Å². The quantitative estimate of drug-likeness (QED) is 0.796. The molecule has 1 aromatic rings. The maximum absolute atomic E-state index is 11.9. The van der Waals surface area contributed by atoms with E-state index >= 15 is 0 Å². The van der Waals surface area contributed by atoms with Crippen molar-refractivity contribution in [3.05, 3.63) is 22.7 Å². The Morgan fingerprint density at radius 3 is 2.76 bits per heavy atom. The first-order valence-electron chi connectivity index (χ1n) is 6.42. The second-order valence-electron chi connectivity index (χ2n) is 4.87. The van der Waals surface area contributed by atoms with Crippen molar-refractivity contribution < 1.29 is 23.8 Å². The second kappa shape index (κ2) is 6.22. The maximum Gasteiger partial charge on any atom is 0.338 e. The molecule has 0 bridgehead atoms. The number of esters is 1. The molecule has 6 nitrogen and oxygen atoms in total. The Bertz CT molecular complexity index is 573. The van der Waals surface area contributed by atoms with Gasteiger partial charge in [-0.1, -0.05) is 11.6 Å². The molecule has 0 radical (unpaired) electrons. The average Bonchev–Trinajstić information content (AvgIpc) is 2.92. The fourth-order valence-electron chi connectivity index (χ4n) is 1.69. The zero-order chi connectivity index (χ0) is 15.6. The number of rotatable bonds is 4. The van der Waals surface area contributed by atoms with Crippen LogP contribution in [0.5, 0.6) is 11.5 Å². The number of carbonyl (C=O) groups excluding carboxylic acids is 2. The van der Waals surface area contributed by atoms with E-state index < -0.39 is 5.97 Å². The summed E-state index contributed by atoms with van der Waals surface area (Å²) in [6.07, 6.45) is 0. The van der Waals surface area contributed by atoms with Gasteiger partial charge in [-0.05, 0) is 26.0 Å². The first-order chi connectivity index (χ1) is 9.90. The highest BCUT2D eigenvalue weighted by atomic mass is 35.5. The Morgan fingerprint density at radius 1 is 1.38 bits per heavy atom. The molecule has 0 spiro atoms. The molecule has 0 fully saturated rings. The molecule has 2 rings (SSSR count). The molecule has 0 saturated carbocycles. The third kappa shape index (κ3) is 3.39. The van der Waals surface area contributed by atoms with Crippen LogP contribution in [0, 0.1) is 0 Å². The number of hydrogen-bond acceptors (Lipinski definition) is 5. The van der Waals surface area contributed by atoms with Crippen LogP contribution in [-0.4, -0.2) is 43.3 Å². The lowest BCUT2D eigenvalue weighted by Gasteiger charge is -2.21. The molecule has 1 amide bonds. The third-order valence-corrected chi connectivity index (χ3v) is 3.44. The van der Waals surface area contributed by atoms with E-state index in [-0.39, 0.29) is 35.9 Å². The summed E-state index contributed by atoms with van der Waals surface area (Å²) in [5.74, 6) is -0.116. The molecule has 0 N–H and O–H groups in total. The number of benzene rings is 1. The number of ether oxygens (including phenoxy) is 3. The predicted octanol–water partition coefficient (Wildman–Crippen LogP) is 2.09. The van der Waals surface area contributed by atoms with Crippen LogP contribution in [0.25, 0.3) is 0 Å². The minimum atomic E-state index is -0.638. The summed E-state index contributed by atoms with van der Waals surface area (Å²) < 4.78 is 15.3. The van der Waals surface area contributed by atoms with Crippen molar-refractivity contribution in [3.63, 3.8) is 0 Å². The van der Waals surface area contributed by atoms with Crippen molar-refractivity contribution >= 4 is 23.5 Å². The molecule has 0 aliphatic carbocycles. The number of amides is 1. The van der Waals surface area contributed by atoms with Gasteiger partial charge >= 0.3 is 5.97 Å². The van der Waals surface area contributed by atoms with E-state index in [1.165, 1.54) is 17.0 Å². The molecular formula is C14H16ClNO5. The van der Waals surface area contributed by atoms with Gasteiger partial charge in [0.25, 0.3) is 5.91 Å². The average molecular weight is 314 g/mol. The van der Waals surface area contributed by atoms with Crippen LogP contribution in [0.15, 0.2) is 12.1 Å². The molecule has 1 aliphatic heterocycles. The van der Waals surface area contributed by atoms with Gasteiger partial charge in [0.1, 0.15) is 0 Å². The van der Waals surface area contributed by atoms with E-state index in [0.717, 1.165) is 0 Å². The second-order valence-corrected chi connectivity index (χ2v) is 5.27. The van der Waals surface area contributed by atoms with Gasteiger partial charge in [-0.3, -0.25) is 4.79 Å². The number of carbonyl (C=O) groups is 2. The molecule has 21 heavy (non-hydrogen) atoms. The molecular weight excluding hydrogens is 298 g/mol. The summed E-state index contributed by atoms with van der Waals surface area (Å²) in [6.45, 7) is 3.49. The molecule has 1 aromatic carbocycles. The van der Waals surface area contributed by atoms with Crippen molar-refractivity contribution in [2.24, 2.45) is 0 Å². The Hall–Kier alpha value is -1.95. The fourth-order valence-corrected chi connectivity index (χ4v) is 1.95. The van der Waals surface area contributed by atoms with Crippen molar-refractivity contribution in [1.82, 2.24) is 4.90 Å². The fraction of sp³-hybridized carbons (Fsp3) is 0.429. The van der Waals surface area contributed by atoms with Crippen LogP contribution in [0.4, 0.5) is 0 Å². The first kappa shape index (κ1) is 15.4. The van der Waals surface area contributed by atoms with Crippen LogP contribution < -0.4 is 9.47 Å². The van der Waals surface area contributed by atoms with Gasteiger partial charge < -0.3 is 19.1 Å². The molecule has 0 saturated heterocycles. The highest BCUT2D eigenvalue weighted by Crippen LogP contribution is 2.39. The zero-order valence-electron chi connectivity index (χ0n) is 12.0. The summed E-state index contributed by atoms with van der Waals surface area (Å²) in [5.41, 5.74) is 0.212. The number of likely N-dealkylation sites (N-methyl/N-ethyl adjacent to an activating group) is 1. The summed E-state index contributed by atoms with van der Waals surface area (Å²) >= 11 is 5.99. The first-order valence-corrected chi connectivity index (χ1v) is 6.80. The maximum atomic E-state index is 11.9. The summed E-state index contributed by atoms with van der Waals surface area (Å²) in [6, 6.07) is 2.94. The van der Waals surface area contributed by atoms with Gasteiger partial charge in [0, 0.05) is 13.1 Å². The summed E-state index contributed by atoms with van der Waals surface area (Å²) in [4.78, 5) is 25.2. The van der Waals surface area contributed by atoms with Crippen molar-refractivity contribution in [1.29, 1.82) is 0 Å². The van der Waals surface area contributed by atoms with Gasteiger partial charge in [0.05, 0.1) is 10.6 Å². The van der Waals surface area contributed by atoms with E-state index in [1.807, 2.05) is 13.8 Å². The molecule has 1 aliphatic rings. The molecule has 7 heteroatoms. The van der Waals surface area contributed by atoms with Crippen molar-refractivity contribution in [2.45, 2.75) is 19.9 Å². The number of halogens is 1. The van der Waals surface area contributed by atoms with E-state index in [1.54, 1.807) is 7.05 Å². The van der Waals surface area contributed by atoms with Crippen LogP contribution in [0.3, 0.4) is 0 Å². The minimum absolute atomic E-state index is 0.0381. The highest BCUT2D eigenvalue weighted by Gasteiger charge is 2.22. The van der Waals surface area contributed by atoms with Crippen LogP contribution in [-0.2, 0) is 9.53 Å². The summed E-state index contributed by atoms with van der Waals surface area (Å²) in [7, 11) is 1.65. The topological polar surface area (TPSA) is 65.1 Å². The van der Waals surface area contributed by atoms with Gasteiger partial charge in [0.15, 0.2) is 18.1 Å². The van der Waals surface area contributed by atoms with Gasteiger partial charge in [-0.25, -0.2) is 4.79 Å². The lowest BCUT2D eigenvalue weighted by Crippen LogP contribution is -2.36. The van der Waals surface area contributed by atoms with Crippen molar-refractivity contribution in [3.8, 4) is 11.5 Å². The zero-order valence-corrected chi connectivity index (χ0v) is 12.8. The van der Waals surface area contributed by atoms with Crippen LogP contribution in [0.1, 0.15) is 24.2 Å². The third-order valence-electron chi connectivity index (χ3n) is 3.16. The predicted molar refractivity (Wildman–Crippen MR) is 75.8 cm³/mol. The number of fused-ring (bicyclic) bond motifs is 1. The van der Waals surface area contributed by atoms with Crippen LogP contribution >= 0.6 is 11.6 Å². The number of nitrogens with zero attached hydrogens (tertiary/aromatic N) is 1. The Kier molecular flexibility index (Phi) is 4.57. The normalized spacial score (nSPS) is 12.4. The van der Waals surface area contributed by atoms with E-state index in [9.17, 15) is 9.59 Å². The Morgan fingerprint density at radius 2 is 2.10 bits per heavy atom. The van der Waals surface area contributed by atoms with Crippen molar-refractivity contribution in [2.75, 3.05) is 20.4 Å². The van der Waals surface area contributed by atoms with Crippen LogP contribution in [0.2, 0.25) is 5.02 Å². The Labute approximate surface area is 127 Å². The molecule has 114 valence electrons. The van der Waals surface area contributed by atoms with Gasteiger partial charge in [-0.2, -0.15) is 0 Å². The van der Waals surface area contributed by atoms with E-state index in [2.05, 4.69) is 0 Å². The largest absolute Gasteiger partial charge is 0.454 e. The smallest absolute Gasteiger partial charge is 0.338 e. The van der Waals surface area contributed by atoms with E-state index in [0.29, 0.717) is 11.5 Å². The SMILES string of the molecule is CC(C)N(C)C(=O)COC(=O)c1cc(Cl)c2c(c1)OCO2. The number of hydrogen-bond donors (Lipinski definition) is 0.